The second kappa shape index (κ2) is 12.4. The van der Waals surface area contributed by atoms with E-state index < -0.39 is 0 Å². The molecule has 0 aliphatic carbocycles. The Morgan fingerprint density at radius 2 is 1.81 bits per heavy atom. The molecule has 0 amide bonds. The third-order valence-corrected chi connectivity index (χ3v) is 2.77. The number of carbonyl (C=O) groups is 1. The lowest BCUT2D eigenvalue weighted by molar-refractivity contribution is -0.140. The number of ether oxygens (including phenoxy) is 1. The third kappa shape index (κ3) is 11.4. The van der Waals surface area contributed by atoms with Crippen molar-refractivity contribution in [2.75, 3.05) is 12.4 Å². The SMILES string of the molecule is CCCCCCCCCOC(=O)CSC#N. The maximum atomic E-state index is 11.0. The highest BCUT2D eigenvalue weighted by Crippen LogP contribution is 2.07. The van der Waals surface area contributed by atoms with Crippen LogP contribution in [-0.2, 0) is 9.53 Å². The van der Waals surface area contributed by atoms with Crippen LogP contribution in [0, 0.1) is 10.7 Å². The molecule has 0 saturated heterocycles. The van der Waals surface area contributed by atoms with Gasteiger partial charge in [-0.25, -0.2) is 0 Å². The van der Waals surface area contributed by atoms with Gasteiger partial charge in [-0.15, -0.1) is 0 Å². The normalized spacial score (nSPS) is 9.75. The van der Waals surface area contributed by atoms with E-state index in [0.29, 0.717) is 6.61 Å². The minimum Gasteiger partial charge on any atom is -0.465 e. The van der Waals surface area contributed by atoms with Crippen LogP contribution in [0.15, 0.2) is 0 Å². The molecular formula is C12H21NO2S. The van der Waals surface area contributed by atoms with E-state index in [-0.39, 0.29) is 11.7 Å². The van der Waals surface area contributed by atoms with Gasteiger partial charge in [0.1, 0.15) is 11.2 Å². The summed E-state index contributed by atoms with van der Waals surface area (Å²) >= 11 is 0.925. The van der Waals surface area contributed by atoms with E-state index >= 15 is 0 Å². The Bertz CT molecular complexity index is 214. The maximum Gasteiger partial charge on any atom is 0.316 e. The lowest BCUT2D eigenvalue weighted by Gasteiger charge is -2.03. The average Bonchev–Trinajstić information content (AvgIpc) is 2.30. The molecule has 0 radical (unpaired) electrons. The molecule has 0 atom stereocenters. The molecule has 3 nitrogen and oxygen atoms in total. The quantitative estimate of drug-likeness (QED) is 0.335. The first-order valence-corrected chi connectivity index (χ1v) is 6.96. The van der Waals surface area contributed by atoms with Crippen molar-refractivity contribution in [2.45, 2.75) is 51.9 Å². The van der Waals surface area contributed by atoms with E-state index in [1.807, 2.05) is 5.40 Å². The summed E-state index contributed by atoms with van der Waals surface area (Å²) in [6.45, 7) is 2.71. The fourth-order valence-electron chi connectivity index (χ4n) is 1.38. The first-order valence-electron chi connectivity index (χ1n) is 5.97. The molecule has 0 spiro atoms. The second-order valence-corrected chi connectivity index (χ2v) is 4.48. The Kier molecular flexibility index (Phi) is 11.8. The number of rotatable bonds is 10. The number of nitriles is 1. The van der Waals surface area contributed by atoms with Crippen LogP contribution >= 0.6 is 11.8 Å². The van der Waals surface area contributed by atoms with E-state index in [2.05, 4.69) is 6.92 Å². The number of hydrogen-bond acceptors (Lipinski definition) is 4. The summed E-state index contributed by atoms with van der Waals surface area (Å²) < 4.78 is 4.96. The van der Waals surface area contributed by atoms with Gasteiger partial charge in [0.25, 0.3) is 0 Å². The van der Waals surface area contributed by atoms with Gasteiger partial charge in [0.15, 0.2) is 0 Å². The molecule has 4 heteroatoms. The minimum absolute atomic E-state index is 0.146. The summed E-state index contributed by atoms with van der Waals surface area (Å²) in [6.07, 6.45) is 8.48. The Balaban J connectivity index is 3.09. The van der Waals surface area contributed by atoms with Crippen molar-refractivity contribution in [3.63, 3.8) is 0 Å². The topological polar surface area (TPSA) is 50.1 Å². The Morgan fingerprint density at radius 1 is 1.19 bits per heavy atom. The summed E-state index contributed by atoms with van der Waals surface area (Å²) in [6, 6.07) is 0. The number of thioether (sulfide) groups is 1. The smallest absolute Gasteiger partial charge is 0.316 e. The minimum atomic E-state index is -0.280. The van der Waals surface area contributed by atoms with E-state index in [9.17, 15) is 4.79 Å². The number of esters is 1. The van der Waals surface area contributed by atoms with Crippen molar-refractivity contribution in [3.05, 3.63) is 0 Å². The van der Waals surface area contributed by atoms with Crippen molar-refractivity contribution in [1.82, 2.24) is 0 Å². The van der Waals surface area contributed by atoms with Crippen LogP contribution in [0.3, 0.4) is 0 Å². The van der Waals surface area contributed by atoms with Gasteiger partial charge in [-0.05, 0) is 18.2 Å². The first-order chi connectivity index (χ1) is 7.81. The lowest BCUT2D eigenvalue weighted by atomic mass is 10.1. The predicted molar refractivity (Wildman–Crippen MR) is 67.0 cm³/mol. The number of hydrogen-bond donors (Lipinski definition) is 0. The molecule has 0 bridgehead atoms. The first kappa shape index (κ1) is 15.3. The standard InChI is InChI=1S/C12H21NO2S/c1-2-3-4-5-6-7-8-9-15-12(14)10-16-11-13/h2-10H2,1H3. The summed E-state index contributed by atoms with van der Waals surface area (Å²) in [5.41, 5.74) is 0. The molecule has 0 N–H and O–H groups in total. The maximum absolute atomic E-state index is 11.0. The summed E-state index contributed by atoms with van der Waals surface area (Å²) in [5, 5.41) is 10.1. The van der Waals surface area contributed by atoms with Gasteiger partial charge in [-0.1, -0.05) is 45.4 Å². The third-order valence-electron chi connectivity index (χ3n) is 2.27. The zero-order chi connectivity index (χ0) is 12.1. The number of unbranched alkanes of at least 4 members (excludes halogenated alkanes) is 6. The zero-order valence-electron chi connectivity index (χ0n) is 10.0. The summed E-state index contributed by atoms with van der Waals surface area (Å²) in [4.78, 5) is 11.0. The molecule has 0 rings (SSSR count). The van der Waals surface area contributed by atoms with E-state index in [4.69, 9.17) is 10.00 Å². The van der Waals surface area contributed by atoms with Crippen LogP contribution in [0.25, 0.3) is 0 Å². The fraction of sp³-hybridized carbons (Fsp3) is 0.833. The van der Waals surface area contributed by atoms with Gasteiger partial charge in [0, 0.05) is 0 Å². The van der Waals surface area contributed by atoms with Crippen molar-refractivity contribution in [1.29, 1.82) is 5.26 Å². The van der Waals surface area contributed by atoms with E-state index in [1.54, 1.807) is 0 Å². The van der Waals surface area contributed by atoms with Gasteiger partial charge in [0.05, 0.1) is 6.61 Å². The van der Waals surface area contributed by atoms with Crippen molar-refractivity contribution >= 4 is 17.7 Å². The molecule has 0 aromatic heterocycles. The molecule has 0 aliphatic heterocycles. The molecule has 16 heavy (non-hydrogen) atoms. The number of carbonyl (C=O) groups excluding carboxylic acids is 1. The van der Waals surface area contributed by atoms with Crippen molar-refractivity contribution in [3.8, 4) is 5.40 Å². The van der Waals surface area contributed by atoms with Crippen LogP contribution in [0.5, 0.6) is 0 Å². The van der Waals surface area contributed by atoms with Crippen LogP contribution in [0.1, 0.15) is 51.9 Å². The van der Waals surface area contributed by atoms with Gasteiger partial charge < -0.3 is 4.74 Å². The zero-order valence-corrected chi connectivity index (χ0v) is 10.9. The molecule has 0 unspecified atom stereocenters. The van der Waals surface area contributed by atoms with Crippen molar-refractivity contribution < 1.29 is 9.53 Å². The summed E-state index contributed by atoms with van der Waals surface area (Å²) in [5.74, 6) is -0.134. The van der Waals surface area contributed by atoms with Gasteiger partial charge in [0.2, 0.25) is 0 Å². The van der Waals surface area contributed by atoms with Crippen LogP contribution < -0.4 is 0 Å². The molecule has 0 aromatic rings. The molecular weight excluding hydrogens is 222 g/mol. The molecule has 92 valence electrons. The Labute approximate surface area is 103 Å². The Hall–Kier alpha value is -0.690. The highest BCUT2D eigenvalue weighted by atomic mass is 32.2. The van der Waals surface area contributed by atoms with Crippen LogP contribution in [0.4, 0.5) is 0 Å². The second-order valence-electron chi connectivity index (χ2n) is 3.72. The molecule has 0 saturated carbocycles. The molecule has 0 aromatic carbocycles. The van der Waals surface area contributed by atoms with Crippen LogP contribution in [-0.4, -0.2) is 18.3 Å². The number of thiocyanates is 1. The van der Waals surface area contributed by atoms with E-state index in [0.717, 1.165) is 24.6 Å². The lowest BCUT2D eigenvalue weighted by Crippen LogP contribution is -2.07. The average molecular weight is 243 g/mol. The summed E-state index contributed by atoms with van der Waals surface area (Å²) in [7, 11) is 0. The fourth-order valence-corrected chi connectivity index (χ4v) is 1.64. The molecule has 0 heterocycles. The predicted octanol–water partition coefficient (Wildman–Crippen LogP) is 3.49. The van der Waals surface area contributed by atoms with Gasteiger partial charge in [-0.3, -0.25) is 4.79 Å². The highest BCUT2D eigenvalue weighted by Gasteiger charge is 2.01. The largest absolute Gasteiger partial charge is 0.465 e. The van der Waals surface area contributed by atoms with Gasteiger partial charge in [-0.2, -0.15) is 5.26 Å². The van der Waals surface area contributed by atoms with E-state index in [1.165, 1.54) is 32.1 Å². The van der Waals surface area contributed by atoms with Gasteiger partial charge >= 0.3 is 5.97 Å². The highest BCUT2D eigenvalue weighted by molar-refractivity contribution is 8.04. The molecule has 0 fully saturated rings. The monoisotopic (exact) mass is 243 g/mol. The van der Waals surface area contributed by atoms with Crippen LogP contribution in [0.2, 0.25) is 0 Å². The Morgan fingerprint density at radius 3 is 2.44 bits per heavy atom. The van der Waals surface area contributed by atoms with Crippen molar-refractivity contribution in [2.24, 2.45) is 0 Å². The number of nitrogens with zero attached hydrogens (tertiary/aromatic N) is 1. The molecule has 0 aliphatic rings.